The van der Waals surface area contributed by atoms with E-state index in [0.29, 0.717) is 10.0 Å². The number of rotatable bonds is 2. The third kappa shape index (κ3) is 2.63. The molecule has 0 saturated heterocycles. The van der Waals surface area contributed by atoms with Gasteiger partial charge in [-0.25, -0.2) is 4.39 Å². The zero-order valence-corrected chi connectivity index (χ0v) is 14.2. The summed E-state index contributed by atoms with van der Waals surface area (Å²) in [6.45, 7) is 0. The Morgan fingerprint density at radius 3 is 2.24 bits per heavy atom. The topological polar surface area (TPSA) is 26.0 Å². The highest BCUT2D eigenvalue weighted by Crippen LogP contribution is 2.33. The van der Waals surface area contributed by atoms with Crippen molar-refractivity contribution >= 4 is 42.6 Å². The second-order valence-electron chi connectivity index (χ2n) is 4.80. The summed E-state index contributed by atoms with van der Waals surface area (Å²) >= 11 is 6.75. The van der Waals surface area contributed by atoms with Gasteiger partial charge in [-0.3, -0.25) is 0 Å². The smallest absolute Gasteiger partial charge is 0.142 e. The Labute approximate surface area is 139 Å². The third-order valence-corrected chi connectivity index (χ3v) is 4.86. The van der Waals surface area contributed by atoms with Gasteiger partial charge in [0, 0.05) is 10.0 Å². The van der Waals surface area contributed by atoms with Gasteiger partial charge in [0.2, 0.25) is 0 Å². The Morgan fingerprint density at radius 1 is 0.762 bits per heavy atom. The van der Waals surface area contributed by atoms with Gasteiger partial charge in [-0.05, 0) is 44.4 Å². The van der Waals surface area contributed by atoms with Crippen molar-refractivity contribution in [1.29, 1.82) is 0 Å². The SMILES string of the molecule is NC(c1cccc(Br)c1F)c1ccc(Br)c2ccccc12. The largest absolute Gasteiger partial charge is 0.320 e. The van der Waals surface area contributed by atoms with Crippen molar-refractivity contribution < 1.29 is 4.39 Å². The Morgan fingerprint density at radius 2 is 1.48 bits per heavy atom. The summed E-state index contributed by atoms with van der Waals surface area (Å²) in [7, 11) is 0. The standard InChI is InChI=1S/C17H12Br2FN/c18-14-9-8-12(10-4-1-2-5-11(10)14)17(21)13-6-3-7-15(19)16(13)20/h1-9,17H,21H2. The molecule has 3 aromatic carbocycles. The Balaban J connectivity index is 2.21. The van der Waals surface area contributed by atoms with Crippen LogP contribution in [0.4, 0.5) is 4.39 Å². The van der Waals surface area contributed by atoms with Crippen LogP contribution in [0.3, 0.4) is 0 Å². The maximum atomic E-state index is 14.3. The van der Waals surface area contributed by atoms with Gasteiger partial charge < -0.3 is 5.73 Å². The molecular formula is C17H12Br2FN. The predicted molar refractivity (Wildman–Crippen MR) is 91.8 cm³/mol. The minimum absolute atomic E-state index is 0.308. The monoisotopic (exact) mass is 407 g/mol. The van der Waals surface area contributed by atoms with Crippen LogP contribution in [0.5, 0.6) is 0 Å². The van der Waals surface area contributed by atoms with E-state index in [0.717, 1.165) is 20.8 Å². The highest BCUT2D eigenvalue weighted by Gasteiger charge is 2.18. The fourth-order valence-electron chi connectivity index (χ4n) is 2.49. The quantitative estimate of drug-likeness (QED) is 0.590. The minimum atomic E-state index is -0.513. The van der Waals surface area contributed by atoms with Crippen molar-refractivity contribution in [3.05, 3.63) is 80.5 Å². The van der Waals surface area contributed by atoms with Crippen LogP contribution in [0, 0.1) is 5.82 Å². The van der Waals surface area contributed by atoms with E-state index in [1.165, 1.54) is 0 Å². The van der Waals surface area contributed by atoms with Gasteiger partial charge in [-0.15, -0.1) is 0 Å². The molecule has 21 heavy (non-hydrogen) atoms. The van der Waals surface area contributed by atoms with Crippen LogP contribution in [-0.2, 0) is 0 Å². The van der Waals surface area contributed by atoms with E-state index in [2.05, 4.69) is 31.9 Å². The first-order chi connectivity index (χ1) is 10.1. The third-order valence-electron chi connectivity index (χ3n) is 3.56. The lowest BCUT2D eigenvalue weighted by Crippen LogP contribution is -2.14. The van der Waals surface area contributed by atoms with Crippen molar-refractivity contribution in [3.8, 4) is 0 Å². The van der Waals surface area contributed by atoms with Gasteiger partial charge in [0.25, 0.3) is 0 Å². The molecule has 1 unspecified atom stereocenters. The molecule has 1 atom stereocenters. The summed E-state index contributed by atoms with van der Waals surface area (Å²) in [5.41, 5.74) is 7.72. The number of hydrogen-bond acceptors (Lipinski definition) is 1. The van der Waals surface area contributed by atoms with Crippen LogP contribution < -0.4 is 5.73 Å². The van der Waals surface area contributed by atoms with Crippen LogP contribution in [0.15, 0.2) is 63.5 Å². The first kappa shape index (κ1) is 14.7. The minimum Gasteiger partial charge on any atom is -0.320 e. The van der Waals surface area contributed by atoms with Gasteiger partial charge >= 0.3 is 0 Å². The summed E-state index contributed by atoms with van der Waals surface area (Å²) in [5.74, 6) is -0.308. The first-order valence-corrected chi connectivity index (χ1v) is 8.05. The molecule has 0 bridgehead atoms. The van der Waals surface area contributed by atoms with Gasteiger partial charge in [0.15, 0.2) is 0 Å². The van der Waals surface area contributed by atoms with Gasteiger partial charge in [-0.2, -0.15) is 0 Å². The molecule has 3 aromatic rings. The molecule has 0 aliphatic rings. The lowest BCUT2D eigenvalue weighted by molar-refractivity contribution is 0.594. The maximum Gasteiger partial charge on any atom is 0.142 e. The van der Waals surface area contributed by atoms with Crippen molar-refractivity contribution in [3.63, 3.8) is 0 Å². The van der Waals surface area contributed by atoms with Crippen LogP contribution in [0.25, 0.3) is 10.8 Å². The number of benzene rings is 3. The summed E-state index contributed by atoms with van der Waals surface area (Å²) in [5, 5.41) is 2.10. The molecule has 0 amide bonds. The van der Waals surface area contributed by atoms with Crippen LogP contribution in [0.1, 0.15) is 17.2 Å². The summed E-state index contributed by atoms with van der Waals surface area (Å²) in [6.07, 6.45) is 0. The fraction of sp³-hybridized carbons (Fsp3) is 0.0588. The molecular weight excluding hydrogens is 397 g/mol. The number of fused-ring (bicyclic) bond motifs is 1. The Bertz CT molecular complexity index is 817. The molecule has 1 nitrogen and oxygen atoms in total. The van der Waals surface area contributed by atoms with E-state index in [1.807, 2.05) is 36.4 Å². The zero-order chi connectivity index (χ0) is 15.0. The fourth-order valence-corrected chi connectivity index (χ4v) is 3.34. The lowest BCUT2D eigenvalue weighted by atomic mass is 9.94. The van der Waals surface area contributed by atoms with Crippen molar-refractivity contribution in [2.24, 2.45) is 5.73 Å². The highest BCUT2D eigenvalue weighted by atomic mass is 79.9. The van der Waals surface area contributed by atoms with Crippen molar-refractivity contribution in [2.45, 2.75) is 6.04 Å². The Hall–Kier alpha value is -1.23. The van der Waals surface area contributed by atoms with E-state index < -0.39 is 6.04 Å². The molecule has 0 aliphatic carbocycles. The van der Waals surface area contributed by atoms with Crippen LogP contribution in [0.2, 0.25) is 0 Å². The summed E-state index contributed by atoms with van der Waals surface area (Å²) in [6, 6.07) is 16.5. The summed E-state index contributed by atoms with van der Waals surface area (Å²) < 4.78 is 15.7. The van der Waals surface area contributed by atoms with E-state index >= 15 is 0 Å². The van der Waals surface area contributed by atoms with Crippen molar-refractivity contribution in [1.82, 2.24) is 0 Å². The van der Waals surface area contributed by atoms with Gasteiger partial charge in [-0.1, -0.05) is 58.4 Å². The molecule has 0 spiro atoms. The second-order valence-corrected chi connectivity index (χ2v) is 6.51. The van der Waals surface area contributed by atoms with Crippen LogP contribution >= 0.6 is 31.9 Å². The number of halogens is 3. The predicted octanol–water partition coefficient (Wildman–Crippen LogP) is 5.55. The average molecular weight is 409 g/mol. The molecule has 0 saturated carbocycles. The zero-order valence-electron chi connectivity index (χ0n) is 11.0. The number of nitrogens with two attached hydrogens (primary N) is 1. The van der Waals surface area contributed by atoms with E-state index in [1.54, 1.807) is 18.2 Å². The molecule has 0 heterocycles. The van der Waals surface area contributed by atoms with E-state index in [4.69, 9.17) is 5.73 Å². The molecule has 0 fully saturated rings. The van der Waals surface area contributed by atoms with Gasteiger partial charge in [0.1, 0.15) is 5.82 Å². The molecule has 106 valence electrons. The lowest BCUT2D eigenvalue weighted by Gasteiger charge is -2.17. The summed E-state index contributed by atoms with van der Waals surface area (Å²) in [4.78, 5) is 0. The molecule has 0 aliphatic heterocycles. The maximum absolute atomic E-state index is 14.3. The van der Waals surface area contributed by atoms with Gasteiger partial charge in [0.05, 0.1) is 10.5 Å². The molecule has 0 aromatic heterocycles. The average Bonchev–Trinajstić information content (AvgIpc) is 2.50. The highest BCUT2D eigenvalue weighted by molar-refractivity contribution is 9.11. The normalized spacial score (nSPS) is 12.6. The number of hydrogen-bond donors (Lipinski definition) is 1. The van der Waals surface area contributed by atoms with Crippen molar-refractivity contribution in [2.75, 3.05) is 0 Å². The molecule has 3 rings (SSSR count). The van der Waals surface area contributed by atoms with Crippen LogP contribution in [-0.4, -0.2) is 0 Å². The van der Waals surface area contributed by atoms with E-state index in [-0.39, 0.29) is 5.82 Å². The molecule has 4 heteroatoms. The molecule has 0 radical (unpaired) electrons. The Kier molecular flexibility index (Phi) is 4.11. The first-order valence-electron chi connectivity index (χ1n) is 6.46. The van der Waals surface area contributed by atoms with E-state index in [9.17, 15) is 4.39 Å². The molecule has 2 N–H and O–H groups in total. The second kappa shape index (κ2) is 5.87.